The normalized spacial score (nSPS) is 19.3. The predicted octanol–water partition coefficient (Wildman–Crippen LogP) is 2.07. The maximum Gasteiger partial charge on any atom is 0.225 e. The lowest BCUT2D eigenvalue weighted by Crippen LogP contribution is -2.36. The van der Waals surface area contributed by atoms with Crippen LogP contribution in [0.3, 0.4) is 0 Å². The number of aromatic nitrogens is 2. The van der Waals surface area contributed by atoms with Crippen LogP contribution in [0, 0.1) is 5.92 Å². The Morgan fingerprint density at radius 2 is 2.11 bits per heavy atom. The second-order valence-corrected chi connectivity index (χ2v) is 6.97. The Balaban J connectivity index is 1.28. The molecule has 1 aliphatic rings. The van der Waals surface area contributed by atoms with Crippen molar-refractivity contribution in [3.63, 3.8) is 0 Å². The first-order chi connectivity index (χ1) is 13.2. The van der Waals surface area contributed by atoms with Crippen molar-refractivity contribution in [2.75, 3.05) is 26.2 Å². The first-order valence-electron chi connectivity index (χ1n) is 9.29. The van der Waals surface area contributed by atoms with Crippen molar-refractivity contribution in [2.45, 2.75) is 5.92 Å². The average molecular weight is 364 g/mol. The number of carbonyl (C=O) groups excluding carboxylic acids is 1. The molecule has 0 radical (unpaired) electrons. The number of carbonyl (C=O) groups is 1. The van der Waals surface area contributed by atoms with Crippen molar-refractivity contribution in [3.05, 3.63) is 60.4 Å². The molecule has 0 unspecified atom stereocenters. The second kappa shape index (κ2) is 7.80. The minimum absolute atomic E-state index is 0.0657. The van der Waals surface area contributed by atoms with Gasteiger partial charge >= 0.3 is 0 Å². The van der Waals surface area contributed by atoms with Crippen molar-refractivity contribution in [2.24, 2.45) is 13.0 Å². The first-order valence-corrected chi connectivity index (χ1v) is 9.29. The Kier molecular flexibility index (Phi) is 5.07. The van der Waals surface area contributed by atoms with Crippen LogP contribution in [0.5, 0.6) is 5.75 Å². The zero-order valence-corrected chi connectivity index (χ0v) is 15.4. The second-order valence-electron chi connectivity index (χ2n) is 6.97. The van der Waals surface area contributed by atoms with Gasteiger partial charge in [0.05, 0.1) is 18.7 Å². The van der Waals surface area contributed by atoms with Gasteiger partial charge in [0.25, 0.3) is 0 Å². The van der Waals surface area contributed by atoms with Gasteiger partial charge in [0.15, 0.2) is 0 Å². The number of rotatable bonds is 6. The van der Waals surface area contributed by atoms with Gasteiger partial charge < -0.3 is 15.4 Å². The molecule has 1 saturated heterocycles. The highest BCUT2D eigenvalue weighted by molar-refractivity contribution is 5.83. The molecule has 27 heavy (non-hydrogen) atoms. The molecule has 2 atom stereocenters. The van der Waals surface area contributed by atoms with E-state index < -0.39 is 0 Å². The predicted molar refractivity (Wildman–Crippen MR) is 105 cm³/mol. The van der Waals surface area contributed by atoms with E-state index >= 15 is 0 Å². The maximum atomic E-state index is 12.6. The van der Waals surface area contributed by atoms with Crippen molar-refractivity contribution in [1.29, 1.82) is 0 Å². The van der Waals surface area contributed by atoms with E-state index in [4.69, 9.17) is 4.74 Å². The fourth-order valence-electron chi connectivity index (χ4n) is 3.67. The molecule has 1 aromatic heterocycles. The number of amides is 1. The van der Waals surface area contributed by atoms with Gasteiger partial charge in [-0.2, -0.15) is 5.10 Å². The zero-order valence-electron chi connectivity index (χ0n) is 15.4. The van der Waals surface area contributed by atoms with Crippen LogP contribution < -0.4 is 15.4 Å². The molecular weight excluding hydrogens is 340 g/mol. The number of nitrogens with one attached hydrogen (secondary N) is 2. The zero-order chi connectivity index (χ0) is 18.6. The third-order valence-electron chi connectivity index (χ3n) is 5.09. The van der Waals surface area contributed by atoms with E-state index in [0.29, 0.717) is 19.7 Å². The number of hydrogen-bond acceptors (Lipinski definition) is 4. The van der Waals surface area contributed by atoms with E-state index in [1.54, 1.807) is 4.68 Å². The van der Waals surface area contributed by atoms with E-state index in [9.17, 15) is 4.79 Å². The Morgan fingerprint density at radius 3 is 2.93 bits per heavy atom. The molecule has 6 nitrogen and oxygen atoms in total. The summed E-state index contributed by atoms with van der Waals surface area (Å²) in [6.07, 6.45) is 3.83. The van der Waals surface area contributed by atoms with Crippen molar-refractivity contribution >= 4 is 16.7 Å². The van der Waals surface area contributed by atoms with Crippen LogP contribution in [0.15, 0.2) is 54.9 Å². The molecule has 2 N–H and O–H groups in total. The molecule has 2 heterocycles. The van der Waals surface area contributed by atoms with Crippen molar-refractivity contribution in [3.8, 4) is 5.75 Å². The fraction of sp³-hybridized carbons (Fsp3) is 0.333. The van der Waals surface area contributed by atoms with Gasteiger partial charge in [0, 0.05) is 32.3 Å². The molecule has 6 heteroatoms. The van der Waals surface area contributed by atoms with Gasteiger partial charge in [0.1, 0.15) is 12.4 Å². The number of hydrogen-bond donors (Lipinski definition) is 2. The molecule has 0 spiro atoms. The standard InChI is InChI=1S/C21H24N4O2/c1-25-14-17(11-24-25)19-12-22-13-20(19)21(26)23-8-9-27-18-7-6-15-4-2-3-5-16(15)10-18/h2-7,10-11,14,19-20,22H,8-9,12-13H2,1H3,(H,23,26)/t19-,20+/m1/s1. The molecular formula is C21H24N4O2. The summed E-state index contributed by atoms with van der Waals surface area (Å²) in [5.41, 5.74) is 1.11. The Hall–Kier alpha value is -2.86. The van der Waals surface area contributed by atoms with Crippen LogP contribution in [0.1, 0.15) is 11.5 Å². The molecule has 1 fully saturated rings. The largest absolute Gasteiger partial charge is 0.492 e. The third kappa shape index (κ3) is 3.95. The highest BCUT2D eigenvalue weighted by atomic mass is 16.5. The van der Waals surface area contributed by atoms with Crippen molar-refractivity contribution in [1.82, 2.24) is 20.4 Å². The lowest BCUT2D eigenvalue weighted by Gasteiger charge is -2.17. The summed E-state index contributed by atoms with van der Waals surface area (Å²) < 4.78 is 7.58. The molecule has 140 valence electrons. The topological polar surface area (TPSA) is 68.2 Å². The Bertz CT molecular complexity index is 937. The van der Waals surface area contributed by atoms with E-state index in [0.717, 1.165) is 23.2 Å². The monoisotopic (exact) mass is 364 g/mol. The van der Waals surface area contributed by atoms with Gasteiger partial charge in [-0.15, -0.1) is 0 Å². The van der Waals surface area contributed by atoms with Crippen LogP contribution in [0.4, 0.5) is 0 Å². The summed E-state index contributed by atoms with van der Waals surface area (Å²) in [6.45, 7) is 2.43. The summed E-state index contributed by atoms with van der Waals surface area (Å²) in [7, 11) is 1.89. The highest BCUT2D eigenvalue weighted by Gasteiger charge is 2.34. The summed E-state index contributed by atoms with van der Waals surface area (Å²) in [5.74, 6) is 0.977. The summed E-state index contributed by atoms with van der Waals surface area (Å²) in [5, 5.41) is 12.9. The Labute approximate surface area is 158 Å². The molecule has 0 aliphatic carbocycles. The summed E-state index contributed by atoms with van der Waals surface area (Å²) in [4.78, 5) is 12.6. The van der Waals surface area contributed by atoms with Crippen molar-refractivity contribution < 1.29 is 9.53 Å². The number of ether oxygens (including phenoxy) is 1. The van der Waals surface area contributed by atoms with Crippen LogP contribution >= 0.6 is 0 Å². The molecule has 0 saturated carbocycles. The van der Waals surface area contributed by atoms with Gasteiger partial charge in [0.2, 0.25) is 5.91 Å². The fourth-order valence-corrected chi connectivity index (χ4v) is 3.67. The maximum absolute atomic E-state index is 12.6. The number of benzene rings is 2. The van der Waals surface area contributed by atoms with Crippen LogP contribution in [0.25, 0.3) is 10.8 Å². The van der Waals surface area contributed by atoms with E-state index in [2.05, 4.69) is 27.9 Å². The minimum Gasteiger partial charge on any atom is -0.492 e. The SMILES string of the molecule is Cn1cc([C@H]2CNC[C@@H]2C(=O)NCCOc2ccc3ccccc3c2)cn1. The highest BCUT2D eigenvalue weighted by Crippen LogP contribution is 2.27. The van der Waals surface area contributed by atoms with E-state index in [1.807, 2.05) is 49.8 Å². The third-order valence-corrected chi connectivity index (χ3v) is 5.09. The quantitative estimate of drug-likeness (QED) is 0.657. The van der Waals surface area contributed by atoms with Gasteiger partial charge in [-0.25, -0.2) is 0 Å². The molecule has 3 aromatic rings. The first kappa shape index (κ1) is 17.5. The molecule has 2 aromatic carbocycles. The number of nitrogens with zero attached hydrogens (tertiary/aromatic N) is 2. The van der Waals surface area contributed by atoms with Crippen LogP contribution in [0.2, 0.25) is 0 Å². The minimum atomic E-state index is -0.0742. The summed E-state index contributed by atoms with van der Waals surface area (Å²) >= 11 is 0. The van der Waals surface area contributed by atoms with Gasteiger partial charge in [-0.1, -0.05) is 30.3 Å². The van der Waals surface area contributed by atoms with Gasteiger partial charge in [-0.05, 0) is 28.5 Å². The molecule has 1 amide bonds. The van der Waals surface area contributed by atoms with Gasteiger partial charge in [-0.3, -0.25) is 9.48 Å². The Morgan fingerprint density at radius 1 is 1.26 bits per heavy atom. The lowest BCUT2D eigenvalue weighted by molar-refractivity contribution is -0.124. The molecule has 4 rings (SSSR count). The molecule has 0 bridgehead atoms. The number of fused-ring (bicyclic) bond motifs is 1. The molecule has 1 aliphatic heterocycles. The number of aryl methyl sites for hydroxylation is 1. The average Bonchev–Trinajstić information content (AvgIpc) is 3.33. The summed E-state index contributed by atoms with van der Waals surface area (Å²) in [6, 6.07) is 14.2. The lowest BCUT2D eigenvalue weighted by atomic mass is 9.90. The smallest absolute Gasteiger partial charge is 0.225 e. The van der Waals surface area contributed by atoms with E-state index in [1.165, 1.54) is 5.39 Å². The van der Waals surface area contributed by atoms with Crippen LogP contribution in [-0.4, -0.2) is 41.9 Å². The van der Waals surface area contributed by atoms with E-state index in [-0.39, 0.29) is 17.7 Å². The van der Waals surface area contributed by atoms with Crippen LogP contribution in [-0.2, 0) is 11.8 Å².